The molecule has 11 rings (SSSR count). The van der Waals surface area contributed by atoms with Gasteiger partial charge in [0.25, 0.3) is 0 Å². The second kappa shape index (κ2) is 44.6. The van der Waals surface area contributed by atoms with E-state index in [0.717, 1.165) is 22.8 Å². The van der Waals surface area contributed by atoms with Gasteiger partial charge in [0, 0.05) is 141 Å². The summed E-state index contributed by atoms with van der Waals surface area (Å²) in [6.07, 6.45) is 6.75. The van der Waals surface area contributed by atoms with Crippen LogP contribution in [-0.2, 0) is 80.0 Å². The Labute approximate surface area is 720 Å². The summed E-state index contributed by atoms with van der Waals surface area (Å²) in [5.41, 5.74) is 7.15. The first-order valence-electron chi connectivity index (χ1n) is 44.8. The van der Waals surface area contributed by atoms with Crippen LogP contribution in [0.25, 0.3) is 10.8 Å². The van der Waals surface area contributed by atoms with Crippen LogP contribution in [-0.4, -0.2) is 233 Å². The molecule has 8 fully saturated rings. The Balaban J connectivity index is 0.670. The largest absolute Gasteiger partial charge is 0.508 e. The fraction of sp³-hybridized carbons (Fsp3) is 0.663. The second-order valence-electron chi connectivity index (χ2n) is 36.9. The number of phenols is 1. The van der Waals surface area contributed by atoms with Crippen LogP contribution in [0.4, 0.5) is 0 Å². The van der Waals surface area contributed by atoms with E-state index in [2.05, 4.69) is 95.7 Å². The van der Waals surface area contributed by atoms with Crippen LogP contribution in [0.2, 0.25) is 0 Å². The molecule has 0 radical (unpaired) electrons. The molecular formula is C89H133N19O15. The third-order valence-corrected chi connectivity index (χ3v) is 26.2. The van der Waals surface area contributed by atoms with Crippen LogP contribution in [0.1, 0.15) is 149 Å². The highest BCUT2D eigenvalue weighted by molar-refractivity contribution is 5.91. The van der Waals surface area contributed by atoms with Gasteiger partial charge in [-0.05, 0) is 116 Å². The zero-order valence-corrected chi connectivity index (χ0v) is 72.2. The van der Waals surface area contributed by atoms with E-state index in [0.29, 0.717) is 96.0 Å². The van der Waals surface area contributed by atoms with Gasteiger partial charge >= 0.3 is 0 Å². The lowest BCUT2D eigenvalue weighted by atomic mass is 9.93. The van der Waals surface area contributed by atoms with Crippen molar-refractivity contribution in [3.8, 4) is 5.75 Å². The monoisotopic (exact) mass is 1710 g/mol. The van der Waals surface area contributed by atoms with Gasteiger partial charge in [0.15, 0.2) is 0 Å². The van der Waals surface area contributed by atoms with E-state index in [1.807, 2.05) is 84.0 Å². The molecular weight excluding hydrogens is 1580 g/mol. The molecule has 21 atom stereocenters. The number of benzene rings is 3. The van der Waals surface area contributed by atoms with Crippen molar-refractivity contribution in [2.45, 2.75) is 218 Å². The molecule has 34 heteroatoms. The van der Waals surface area contributed by atoms with Crippen molar-refractivity contribution in [2.75, 3.05) is 78.5 Å². The van der Waals surface area contributed by atoms with E-state index in [-0.39, 0.29) is 185 Å². The molecule has 5 aliphatic heterocycles. The Morgan fingerprint density at radius 2 is 0.805 bits per heavy atom. The molecule has 14 amide bonds. The molecule has 5 saturated heterocycles. The summed E-state index contributed by atoms with van der Waals surface area (Å²) in [4.78, 5) is 194. The number of nitrogens with one attached hydrogen (secondary N) is 18. The summed E-state index contributed by atoms with van der Waals surface area (Å²) in [6, 6.07) is 13.9. The molecule has 3 aromatic carbocycles. The van der Waals surface area contributed by atoms with Crippen molar-refractivity contribution in [1.82, 2.24) is 95.7 Å². The first kappa shape index (κ1) is 93.8. The maximum atomic E-state index is 14.8. The number of nitrogens with two attached hydrogens (primary N) is 1. The molecule has 0 spiro atoms. The topological polar surface area (TPSA) is 502 Å². The summed E-state index contributed by atoms with van der Waals surface area (Å²) in [7, 11) is 0. The van der Waals surface area contributed by atoms with Gasteiger partial charge in [-0.15, -0.1) is 0 Å². The normalized spacial score (nSPS) is 27.2. The predicted molar refractivity (Wildman–Crippen MR) is 460 cm³/mol. The van der Waals surface area contributed by atoms with Gasteiger partial charge in [-0.3, -0.25) is 67.1 Å². The van der Waals surface area contributed by atoms with Crippen molar-refractivity contribution >= 4 is 93.5 Å². The van der Waals surface area contributed by atoms with Gasteiger partial charge in [0.2, 0.25) is 82.7 Å². The summed E-state index contributed by atoms with van der Waals surface area (Å²) in [5.74, 6) is -11.3. The lowest BCUT2D eigenvalue weighted by molar-refractivity contribution is -0.132. The van der Waals surface area contributed by atoms with Gasteiger partial charge in [0.05, 0.1) is 89.4 Å². The zero-order chi connectivity index (χ0) is 88.1. The van der Waals surface area contributed by atoms with Gasteiger partial charge in [-0.2, -0.15) is 0 Å². The Morgan fingerprint density at radius 3 is 1.32 bits per heavy atom. The summed E-state index contributed by atoms with van der Waals surface area (Å²) < 4.78 is 0. The summed E-state index contributed by atoms with van der Waals surface area (Å²) >= 11 is 0. The molecule has 123 heavy (non-hydrogen) atoms. The number of amides is 14. The molecule has 0 bridgehead atoms. The Morgan fingerprint density at radius 1 is 0.390 bits per heavy atom. The second-order valence-corrected chi connectivity index (χ2v) is 36.9. The van der Waals surface area contributed by atoms with Crippen LogP contribution in [0.15, 0.2) is 66.7 Å². The maximum absolute atomic E-state index is 14.8. The van der Waals surface area contributed by atoms with Crippen LogP contribution in [0.3, 0.4) is 0 Å². The third kappa shape index (κ3) is 26.3. The van der Waals surface area contributed by atoms with Gasteiger partial charge in [0.1, 0.15) is 5.75 Å². The highest BCUT2D eigenvalue weighted by Gasteiger charge is 2.46. The van der Waals surface area contributed by atoms with E-state index in [1.54, 1.807) is 12.1 Å². The van der Waals surface area contributed by atoms with Crippen molar-refractivity contribution in [3.63, 3.8) is 0 Å². The van der Waals surface area contributed by atoms with E-state index in [1.165, 1.54) is 19.1 Å². The van der Waals surface area contributed by atoms with Crippen molar-refractivity contribution in [3.05, 3.63) is 77.9 Å². The number of hydrogen-bond donors (Lipinski definition) is 20. The fourth-order valence-electron chi connectivity index (χ4n) is 19.5. The highest BCUT2D eigenvalue weighted by Crippen LogP contribution is 2.32. The molecule has 3 aromatic rings. The summed E-state index contributed by atoms with van der Waals surface area (Å²) in [6.45, 7) is 15.9. The molecule has 8 aliphatic rings. The predicted octanol–water partition coefficient (Wildman–Crippen LogP) is -0.951. The van der Waals surface area contributed by atoms with E-state index in [9.17, 15) is 72.2 Å². The van der Waals surface area contributed by atoms with Gasteiger partial charge in [-0.1, -0.05) is 115 Å². The standard InChI is InChI=1S/C89H133N19O15/c1-47(2)28-54(35-96-83(117)60-18-11-22-69(60)101-77(111)32-56(29-48(3)4)99-85(119)62-20-13-21-68(62)98-50(7)109)81(115)105-73-43-93-39-65(73)88(122)107-75-45-92-38-64(75)86(120)100-57(31-53-16-10-15-52-14-8-9-17-59(52)53)33-78(112)102-70-23-12-19-61(70)84(118)97-36-55(30-51-24-26-58(110)27-25-51)82(116)106-74-44-94-40-66(74)89(123)108-76-46-95-41-67(76)87(121)104-71(49(5)6)34-79(113)103-72-42-91-37-63(72)80(90)114/h8-10,14-17,24-27,47-49,54-57,60-76,91-95,110H,11-13,18-23,28-46H2,1-7H3,(H2,90,114)(H,96,117)(H,97,118)(H,98,109)(H,99,119)(H,100,120)(H,101,111)(H,102,112)(H,103,113)(H,104,121)(H,105,115)(H,106,116)(H,107,122)(H,108,123)/t54-,55+,56-,57-,60?,61?,62?,63?,64?,65?,66?,67?,68?,69?,70?,71+,72?,73?,74?,75?,76?/m0/s1. The molecule has 21 N–H and O–H groups in total. The average molecular weight is 1710 g/mol. The van der Waals surface area contributed by atoms with Crippen LogP contribution in [0, 0.1) is 76.9 Å². The average Bonchev–Trinajstić information content (AvgIpc) is 1.74. The minimum Gasteiger partial charge on any atom is -0.508 e. The number of aromatic hydroxyl groups is 1. The Hall–Kier alpha value is -9.90. The number of carbonyl (C=O) groups is 14. The first-order chi connectivity index (χ1) is 58.9. The fourth-order valence-corrected chi connectivity index (χ4v) is 19.5. The maximum Gasteiger partial charge on any atom is 0.226 e. The van der Waals surface area contributed by atoms with Gasteiger partial charge in [-0.25, -0.2) is 0 Å². The zero-order valence-electron chi connectivity index (χ0n) is 72.2. The third-order valence-electron chi connectivity index (χ3n) is 26.2. The van der Waals surface area contributed by atoms with E-state index in [4.69, 9.17) is 5.73 Å². The number of hydrogen-bond acceptors (Lipinski definition) is 20. The minimum atomic E-state index is -0.865. The molecule has 5 heterocycles. The molecule has 3 aliphatic carbocycles. The van der Waals surface area contributed by atoms with Crippen LogP contribution >= 0.6 is 0 Å². The number of phenolic OH excluding ortho intramolecular Hbond substituents is 1. The van der Waals surface area contributed by atoms with E-state index < -0.39 is 131 Å². The number of carbonyl (C=O) groups excluding carboxylic acids is 14. The van der Waals surface area contributed by atoms with Crippen LogP contribution in [0.5, 0.6) is 5.75 Å². The highest BCUT2D eigenvalue weighted by atomic mass is 16.3. The summed E-state index contributed by atoms with van der Waals surface area (Å²) in [5, 5.41) is 68.0. The first-order valence-corrected chi connectivity index (χ1v) is 44.8. The Bertz CT molecular complexity index is 4220. The minimum absolute atomic E-state index is 0.0252. The molecule has 3 saturated carbocycles. The number of rotatable bonds is 40. The van der Waals surface area contributed by atoms with Gasteiger partial charge < -0.3 is 107 Å². The molecule has 0 aromatic heterocycles. The molecule has 34 nitrogen and oxygen atoms in total. The Kier molecular flexibility index (Phi) is 34.0. The smallest absolute Gasteiger partial charge is 0.226 e. The SMILES string of the molecule is CC(=O)NC1CCCC1C(=O)N[C@H](CC(=O)NC1CCCC1C(=O)NC[C@H](CC(C)C)C(=O)NC1CNCC1C(=O)NC1CNCC1C(=O)N[C@H](CC(=O)NC1CCCC1C(=O)NC[C@@H](Cc1ccc(O)cc1)C(=O)NC1CNCC1C(=O)NC1CNCC1C(=O)N[C@H](CC(=O)NC1CNCC1C(N)=O)C(C)C)Cc1cccc2ccccc12)CC(C)C. The lowest BCUT2D eigenvalue weighted by Crippen LogP contribution is -2.54. The van der Waals surface area contributed by atoms with Crippen molar-refractivity contribution < 1.29 is 72.2 Å². The lowest BCUT2D eigenvalue weighted by Gasteiger charge is -2.28. The number of fused-ring (bicyclic) bond motifs is 1. The van der Waals surface area contributed by atoms with Crippen molar-refractivity contribution in [1.29, 1.82) is 0 Å². The number of primary amides is 1. The van der Waals surface area contributed by atoms with Crippen molar-refractivity contribution in [2.24, 2.45) is 82.7 Å². The van der Waals surface area contributed by atoms with E-state index >= 15 is 0 Å². The van der Waals surface area contributed by atoms with Crippen LogP contribution < -0.4 is 101 Å². The molecule has 16 unspecified atom stereocenters. The molecule has 674 valence electrons. The quantitative estimate of drug-likeness (QED) is 0.0326.